The van der Waals surface area contributed by atoms with E-state index < -0.39 is 39.2 Å². The van der Waals surface area contributed by atoms with Crippen LogP contribution in [0.2, 0.25) is 0 Å². The topological polar surface area (TPSA) is 124 Å². The first-order valence-electron chi connectivity index (χ1n) is 12.4. The van der Waals surface area contributed by atoms with E-state index in [-0.39, 0.29) is 34.6 Å². The van der Waals surface area contributed by atoms with Crippen molar-refractivity contribution in [2.75, 3.05) is 20.1 Å². The van der Waals surface area contributed by atoms with Gasteiger partial charge in [0.25, 0.3) is 5.69 Å². The van der Waals surface area contributed by atoms with E-state index >= 15 is 4.39 Å². The van der Waals surface area contributed by atoms with Crippen LogP contribution in [0.1, 0.15) is 45.7 Å². The molecule has 9 nitrogen and oxygen atoms in total. The van der Waals surface area contributed by atoms with Gasteiger partial charge in [-0.05, 0) is 44.9 Å². The molecule has 0 atom stereocenters. The van der Waals surface area contributed by atoms with Crippen LogP contribution in [0.3, 0.4) is 0 Å². The number of halogens is 1. The van der Waals surface area contributed by atoms with Crippen molar-refractivity contribution in [1.29, 1.82) is 0 Å². The van der Waals surface area contributed by atoms with Crippen LogP contribution in [0.25, 0.3) is 0 Å². The van der Waals surface area contributed by atoms with Crippen molar-refractivity contribution in [2.24, 2.45) is 5.41 Å². The first kappa shape index (κ1) is 29.5. The maximum Gasteiger partial charge on any atom is 0.334 e. The van der Waals surface area contributed by atoms with E-state index in [1.807, 2.05) is 51.2 Å². The number of hydrogen-bond acceptors (Lipinski definition) is 6. The van der Waals surface area contributed by atoms with Crippen LogP contribution in [0.4, 0.5) is 10.1 Å². The van der Waals surface area contributed by atoms with Gasteiger partial charge in [0.2, 0.25) is 0 Å². The molecule has 208 valence electrons. The van der Waals surface area contributed by atoms with Crippen LogP contribution in [0.5, 0.6) is 0 Å². The molecule has 0 aliphatic carbocycles. The summed E-state index contributed by atoms with van der Waals surface area (Å²) in [6.45, 7) is 10.0. The lowest BCUT2D eigenvalue weighted by Gasteiger charge is -2.45. The van der Waals surface area contributed by atoms with Crippen molar-refractivity contribution >= 4 is 17.6 Å². The minimum atomic E-state index is -1.99. The smallest absolute Gasteiger partial charge is 0.334 e. The molecular weight excluding hydrogens is 505 g/mol. The number of benzene rings is 2. The number of nitrogens with zero attached hydrogens (tertiary/aromatic N) is 3. The van der Waals surface area contributed by atoms with Crippen LogP contribution >= 0.6 is 0 Å². The maximum absolute atomic E-state index is 15.2. The Morgan fingerprint density at radius 2 is 1.59 bits per heavy atom. The summed E-state index contributed by atoms with van der Waals surface area (Å²) in [6, 6.07) is 12.7. The Bertz CT molecular complexity index is 1330. The third-order valence-corrected chi connectivity index (χ3v) is 7.24. The first-order chi connectivity index (χ1) is 18.1. The summed E-state index contributed by atoms with van der Waals surface area (Å²) < 4.78 is 15.2. The zero-order chi connectivity index (χ0) is 29.3. The van der Waals surface area contributed by atoms with Crippen molar-refractivity contribution in [3.8, 4) is 0 Å². The molecule has 0 fully saturated rings. The van der Waals surface area contributed by atoms with Gasteiger partial charge in [-0.2, -0.15) is 0 Å². The number of carboxylic acid groups (broad SMARTS) is 2. The monoisotopic (exact) mass is 539 g/mol. The molecule has 3 rings (SSSR count). The summed E-state index contributed by atoms with van der Waals surface area (Å²) >= 11 is 0. The molecule has 1 aliphatic heterocycles. The Hall–Kier alpha value is -4.05. The average Bonchev–Trinajstić information content (AvgIpc) is 2.81. The van der Waals surface area contributed by atoms with Gasteiger partial charge in [0.05, 0.1) is 21.5 Å². The number of allylic oxidation sites excluding steroid dienone is 2. The van der Waals surface area contributed by atoms with E-state index in [0.29, 0.717) is 13.1 Å². The van der Waals surface area contributed by atoms with E-state index in [0.717, 1.165) is 23.8 Å². The molecule has 0 amide bonds. The van der Waals surface area contributed by atoms with Crippen molar-refractivity contribution in [2.45, 2.75) is 46.6 Å². The van der Waals surface area contributed by atoms with Gasteiger partial charge >= 0.3 is 11.9 Å². The molecule has 0 radical (unpaired) electrons. The predicted molar refractivity (Wildman–Crippen MR) is 144 cm³/mol. The molecule has 10 heteroatoms. The molecule has 0 spiro atoms. The maximum atomic E-state index is 15.2. The highest BCUT2D eigenvalue weighted by molar-refractivity contribution is 6.00. The standard InChI is InChI=1S/C29H34FN3O6/c1-18-24(26(34)35)29(5,22-14-21(33(38)39)12-13-23(22)30)25(27(36)37)19(2)32(18)17-28(3,4)16-31(6)15-20-10-8-7-9-11-20/h7-14H,15-17H2,1-6H3,(H,34,35)(H,36,37). The third-order valence-electron chi connectivity index (χ3n) is 7.24. The van der Waals surface area contributed by atoms with Crippen LogP contribution in [-0.4, -0.2) is 57.0 Å². The van der Waals surface area contributed by atoms with Crippen LogP contribution in [0.15, 0.2) is 71.1 Å². The van der Waals surface area contributed by atoms with Gasteiger partial charge in [-0.1, -0.05) is 44.2 Å². The third kappa shape index (κ3) is 5.85. The Balaban J connectivity index is 2.10. The largest absolute Gasteiger partial charge is 0.478 e. The Labute approximate surface area is 227 Å². The molecule has 0 aromatic heterocycles. The van der Waals surface area contributed by atoms with Crippen LogP contribution in [0, 0.1) is 21.3 Å². The minimum Gasteiger partial charge on any atom is -0.478 e. The number of nitro benzene ring substituents is 1. The van der Waals surface area contributed by atoms with E-state index in [1.165, 1.54) is 6.92 Å². The van der Waals surface area contributed by atoms with Gasteiger partial charge in [0.1, 0.15) is 5.82 Å². The summed E-state index contributed by atoms with van der Waals surface area (Å²) in [7, 11) is 1.98. The fourth-order valence-electron chi connectivity index (χ4n) is 5.78. The molecular formula is C29H34FN3O6. The van der Waals surface area contributed by atoms with Gasteiger partial charge in [0, 0.05) is 48.7 Å². The van der Waals surface area contributed by atoms with E-state index in [2.05, 4.69) is 4.90 Å². The number of carboxylic acids is 2. The fraction of sp³-hybridized carbons (Fsp3) is 0.379. The molecule has 0 saturated heterocycles. The first-order valence-corrected chi connectivity index (χ1v) is 12.4. The predicted octanol–water partition coefficient (Wildman–Crippen LogP) is 5.18. The Morgan fingerprint density at radius 1 is 1.05 bits per heavy atom. The second kappa shape index (κ2) is 11.0. The number of hydrogen-bond donors (Lipinski definition) is 2. The molecule has 1 heterocycles. The lowest BCUT2D eigenvalue weighted by atomic mass is 9.66. The number of carbonyl (C=O) groups is 2. The number of rotatable bonds is 10. The molecule has 0 unspecified atom stereocenters. The van der Waals surface area contributed by atoms with Gasteiger partial charge < -0.3 is 20.0 Å². The van der Waals surface area contributed by atoms with Gasteiger partial charge in [-0.25, -0.2) is 14.0 Å². The highest BCUT2D eigenvalue weighted by atomic mass is 19.1. The summed E-state index contributed by atoms with van der Waals surface area (Å²) in [5.41, 5.74) is -2.34. The molecule has 2 aromatic carbocycles. The van der Waals surface area contributed by atoms with Gasteiger partial charge in [-0.15, -0.1) is 0 Å². The number of aliphatic carboxylic acids is 2. The quantitative estimate of drug-likeness (QED) is 0.313. The van der Waals surface area contributed by atoms with Crippen molar-refractivity contribution in [1.82, 2.24) is 9.80 Å². The SMILES string of the molecule is CC1=C(C(=O)O)C(C)(c2cc([N+](=O)[O-])ccc2F)C(C(=O)O)=C(C)N1CC(C)(C)CN(C)Cc1ccccc1. The molecule has 0 saturated carbocycles. The average molecular weight is 540 g/mol. The molecule has 2 N–H and O–H groups in total. The fourth-order valence-corrected chi connectivity index (χ4v) is 5.78. The highest BCUT2D eigenvalue weighted by Crippen LogP contribution is 2.49. The zero-order valence-electron chi connectivity index (χ0n) is 23.0. The molecule has 1 aliphatic rings. The molecule has 0 bridgehead atoms. The molecule has 39 heavy (non-hydrogen) atoms. The number of nitro groups is 1. The summed E-state index contributed by atoms with van der Waals surface area (Å²) in [5.74, 6) is -3.80. The summed E-state index contributed by atoms with van der Waals surface area (Å²) in [5, 5.41) is 32.1. The minimum absolute atomic E-state index is 0.247. The normalized spacial score (nSPS) is 15.6. The zero-order valence-corrected chi connectivity index (χ0v) is 23.0. The Morgan fingerprint density at radius 3 is 2.08 bits per heavy atom. The van der Waals surface area contributed by atoms with Crippen molar-refractivity contribution < 1.29 is 29.1 Å². The molecule has 2 aromatic rings. The highest BCUT2D eigenvalue weighted by Gasteiger charge is 2.50. The van der Waals surface area contributed by atoms with Gasteiger partial charge in [0.15, 0.2) is 0 Å². The van der Waals surface area contributed by atoms with Crippen molar-refractivity contribution in [3.05, 3.63) is 98.1 Å². The number of non-ortho nitro benzene ring substituents is 1. The Kier molecular flexibility index (Phi) is 8.30. The summed E-state index contributed by atoms with van der Waals surface area (Å²) in [4.78, 5) is 39.9. The second-order valence-electron chi connectivity index (χ2n) is 11.0. The summed E-state index contributed by atoms with van der Waals surface area (Å²) in [6.07, 6.45) is 0. The van der Waals surface area contributed by atoms with E-state index in [4.69, 9.17) is 0 Å². The second-order valence-corrected chi connectivity index (χ2v) is 11.0. The van der Waals surface area contributed by atoms with Crippen LogP contribution in [-0.2, 0) is 21.5 Å². The van der Waals surface area contributed by atoms with Crippen molar-refractivity contribution in [3.63, 3.8) is 0 Å². The van der Waals surface area contributed by atoms with Gasteiger partial charge in [-0.3, -0.25) is 10.1 Å². The lowest BCUT2D eigenvalue weighted by molar-refractivity contribution is -0.385. The lowest BCUT2D eigenvalue weighted by Crippen LogP contribution is -2.47. The van der Waals surface area contributed by atoms with E-state index in [9.17, 15) is 29.9 Å². The van der Waals surface area contributed by atoms with E-state index in [1.54, 1.807) is 18.7 Å². The van der Waals surface area contributed by atoms with Crippen LogP contribution < -0.4 is 0 Å².